The first-order valence-corrected chi connectivity index (χ1v) is 9.96. The van der Waals surface area contributed by atoms with E-state index in [-0.39, 0.29) is 12.5 Å². The summed E-state index contributed by atoms with van der Waals surface area (Å²) in [4.78, 5) is 45.7. The molecule has 1 aliphatic rings. The topological polar surface area (TPSA) is 165 Å². The molecule has 2 amide bonds. The average molecular weight is 453 g/mol. The van der Waals surface area contributed by atoms with E-state index in [1.807, 2.05) is 13.8 Å². The number of benzene rings is 1. The van der Waals surface area contributed by atoms with Crippen LogP contribution in [0.15, 0.2) is 24.3 Å². The molecule has 0 unspecified atom stereocenters. The third-order valence-corrected chi connectivity index (χ3v) is 4.56. The molecule has 170 valence electrons. The Bertz CT molecular complexity index is 827. The molecule has 11 heteroatoms. The highest BCUT2D eigenvalue weighted by atomic mass is 32.1. The summed E-state index contributed by atoms with van der Waals surface area (Å²) in [6.45, 7) is 5.47. The molecule has 0 spiro atoms. The number of carbonyl (C=O) groups is 4. The number of carbonyl (C=O) groups excluding carboxylic acids is 3. The first-order valence-electron chi connectivity index (χ1n) is 9.55. The summed E-state index contributed by atoms with van der Waals surface area (Å²) >= 11 is 4.87. The molecule has 0 saturated carbocycles. The third kappa shape index (κ3) is 8.79. The number of hydrogen-bond acceptors (Lipinski definition) is 8. The molecule has 0 aromatic heterocycles. The summed E-state index contributed by atoms with van der Waals surface area (Å²) in [7, 11) is 0. The van der Waals surface area contributed by atoms with Crippen LogP contribution in [0.5, 0.6) is 0 Å². The smallest absolute Gasteiger partial charge is 0.331 e. The van der Waals surface area contributed by atoms with Crippen LogP contribution in [-0.2, 0) is 25.5 Å². The second-order valence-electron chi connectivity index (χ2n) is 7.21. The second-order valence-corrected chi connectivity index (χ2v) is 7.78. The van der Waals surface area contributed by atoms with Crippen LogP contribution in [0.3, 0.4) is 0 Å². The lowest BCUT2D eigenvalue weighted by Gasteiger charge is -2.24. The van der Waals surface area contributed by atoms with Crippen molar-refractivity contribution in [2.45, 2.75) is 51.7 Å². The minimum Gasteiger partial charge on any atom is -0.480 e. The number of carboxylic acids is 1. The Hall–Kier alpha value is -2.89. The Morgan fingerprint density at radius 2 is 1.84 bits per heavy atom. The van der Waals surface area contributed by atoms with Crippen LogP contribution in [0.4, 0.5) is 10.5 Å². The van der Waals surface area contributed by atoms with Crippen molar-refractivity contribution in [2.24, 2.45) is 11.5 Å². The van der Waals surface area contributed by atoms with E-state index in [2.05, 4.69) is 10.1 Å². The molecule has 0 bridgehead atoms. The molecular weight excluding hydrogens is 424 g/mol. The Morgan fingerprint density at radius 3 is 2.23 bits per heavy atom. The zero-order valence-corrected chi connectivity index (χ0v) is 18.5. The van der Waals surface area contributed by atoms with Crippen molar-refractivity contribution < 1.29 is 29.0 Å². The summed E-state index contributed by atoms with van der Waals surface area (Å²) in [5.41, 5.74) is 12.3. The fourth-order valence-corrected chi connectivity index (χ4v) is 3.05. The summed E-state index contributed by atoms with van der Waals surface area (Å²) in [6.07, 6.45) is 0.731. The van der Waals surface area contributed by atoms with E-state index in [1.54, 1.807) is 24.3 Å². The Labute approximate surface area is 185 Å². The quantitative estimate of drug-likeness (QED) is 0.277. The van der Waals surface area contributed by atoms with Gasteiger partial charge in [0.1, 0.15) is 12.1 Å². The number of hydrogen-bond donors (Lipinski definition) is 4. The van der Waals surface area contributed by atoms with E-state index in [0.717, 1.165) is 10.4 Å². The van der Waals surface area contributed by atoms with Crippen molar-refractivity contribution >= 4 is 46.7 Å². The van der Waals surface area contributed by atoms with Crippen LogP contribution in [0.2, 0.25) is 0 Å². The van der Waals surface area contributed by atoms with Gasteiger partial charge in [0.25, 0.3) is 0 Å². The minimum absolute atomic E-state index is 0.0513. The van der Waals surface area contributed by atoms with Crippen LogP contribution in [0.25, 0.3) is 0 Å². The van der Waals surface area contributed by atoms with E-state index >= 15 is 0 Å². The fraction of sp³-hybridized carbons (Fsp3) is 0.450. The van der Waals surface area contributed by atoms with Crippen LogP contribution in [0.1, 0.15) is 32.8 Å². The van der Waals surface area contributed by atoms with Gasteiger partial charge in [-0.15, -0.1) is 0 Å². The Balaban J connectivity index is 0.000000343. The zero-order chi connectivity index (χ0) is 23.7. The van der Waals surface area contributed by atoms with Gasteiger partial charge in [0, 0.05) is 36.5 Å². The number of thiocarbonyl (C=S) groups is 1. The number of nitrogens with two attached hydrogens (primary N) is 2. The van der Waals surface area contributed by atoms with Crippen molar-refractivity contribution in [3.8, 4) is 0 Å². The van der Waals surface area contributed by atoms with Gasteiger partial charge in [0.2, 0.25) is 0 Å². The molecule has 1 fully saturated rings. The predicted molar refractivity (Wildman–Crippen MR) is 119 cm³/mol. The van der Waals surface area contributed by atoms with Crippen LogP contribution in [0, 0.1) is 0 Å². The summed E-state index contributed by atoms with van der Waals surface area (Å²) in [5, 5.41) is 11.6. The van der Waals surface area contributed by atoms with Crippen molar-refractivity contribution in [3.63, 3.8) is 0 Å². The average Bonchev–Trinajstić information content (AvgIpc) is 3.09. The van der Waals surface area contributed by atoms with Gasteiger partial charge in [-0.2, -0.15) is 0 Å². The van der Waals surface area contributed by atoms with Gasteiger partial charge >= 0.3 is 23.9 Å². The van der Waals surface area contributed by atoms with E-state index in [1.165, 1.54) is 11.8 Å². The van der Waals surface area contributed by atoms with Gasteiger partial charge in [0.05, 0.1) is 0 Å². The van der Waals surface area contributed by atoms with Gasteiger partial charge < -0.3 is 21.3 Å². The van der Waals surface area contributed by atoms with Gasteiger partial charge in [-0.05, 0) is 38.0 Å². The maximum atomic E-state index is 11.3. The number of primary amides is 1. The molecule has 1 aromatic rings. The van der Waals surface area contributed by atoms with E-state index in [0.29, 0.717) is 18.7 Å². The predicted octanol–water partition coefficient (Wildman–Crippen LogP) is 0.742. The van der Waals surface area contributed by atoms with Crippen molar-refractivity contribution in [1.29, 1.82) is 0 Å². The van der Waals surface area contributed by atoms with E-state index < -0.39 is 36.0 Å². The van der Waals surface area contributed by atoms with E-state index in [9.17, 15) is 19.2 Å². The molecular formula is C20H28N4O6S. The summed E-state index contributed by atoms with van der Waals surface area (Å²) < 4.78 is 4.38. The Morgan fingerprint density at radius 1 is 1.26 bits per heavy atom. The van der Waals surface area contributed by atoms with Gasteiger partial charge in [-0.1, -0.05) is 24.4 Å². The van der Waals surface area contributed by atoms with Crippen LogP contribution >= 0.6 is 12.2 Å². The first kappa shape index (κ1) is 26.1. The molecule has 6 N–H and O–H groups in total. The monoisotopic (exact) mass is 452 g/mol. The van der Waals surface area contributed by atoms with Gasteiger partial charge in [-0.3, -0.25) is 19.8 Å². The SMILES string of the molecule is CC(=O)OC(=O)[C@@H]1CC(=S)CN1.CC(C)N(C(N)=O)c1ccc(C[C@H](N)C(=O)O)cc1. The molecule has 2 atom stereocenters. The lowest BCUT2D eigenvalue weighted by Crippen LogP contribution is -2.40. The van der Waals surface area contributed by atoms with Crippen LogP contribution in [-0.4, -0.2) is 58.6 Å². The number of esters is 2. The van der Waals surface area contributed by atoms with Gasteiger partial charge in [0.15, 0.2) is 0 Å². The molecule has 1 heterocycles. The molecule has 1 aromatic carbocycles. The van der Waals surface area contributed by atoms with E-state index in [4.69, 9.17) is 28.8 Å². The number of anilines is 1. The number of carboxylic acid groups (broad SMARTS) is 1. The van der Waals surface area contributed by atoms with Crippen molar-refractivity contribution in [1.82, 2.24) is 5.32 Å². The zero-order valence-electron chi connectivity index (χ0n) is 17.7. The van der Waals surface area contributed by atoms with Crippen LogP contribution < -0.4 is 21.7 Å². The van der Waals surface area contributed by atoms with Crippen molar-refractivity contribution in [3.05, 3.63) is 29.8 Å². The number of nitrogens with zero attached hydrogens (tertiary/aromatic N) is 1. The highest BCUT2D eigenvalue weighted by Gasteiger charge is 2.27. The van der Waals surface area contributed by atoms with Gasteiger partial charge in [-0.25, -0.2) is 9.59 Å². The Kier molecular flexibility index (Phi) is 10.2. The maximum absolute atomic E-state index is 11.3. The molecule has 10 nitrogen and oxygen atoms in total. The maximum Gasteiger partial charge on any atom is 0.331 e. The molecule has 0 radical (unpaired) electrons. The number of ether oxygens (including phenoxy) is 1. The minimum atomic E-state index is -1.04. The normalized spacial score (nSPS) is 16.2. The highest BCUT2D eigenvalue weighted by Crippen LogP contribution is 2.18. The highest BCUT2D eigenvalue weighted by molar-refractivity contribution is 7.80. The third-order valence-electron chi connectivity index (χ3n) is 4.25. The summed E-state index contributed by atoms with van der Waals surface area (Å²) in [5.74, 6) is -2.16. The molecule has 31 heavy (non-hydrogen) atoms. The number of nitrogens with one attached hydrogen (secondary N) is 1. The molecule has 1 aliphatic heterocycles. The fourth-order valence-electron chi connectivity index (χ4n) is 2.80. The number of amides is 2. The largest absolute Gasteiger partial charge is 0.480 e. The lowest BCUT2D eigenvalue weighted by molar-refractivity contribution is -0.159. The molecule has 1 saturated heterocycles. The number of rotatable bonds is 6. The second kappa shape index (κ2) is 12.1. The lowest BCUT2D eigenvalue weighted by atomic mass is 10.1. The summed E-state index contributed by atoms with van der Waals surface area (Å²) in [6, 6.07) is 5.02. The number of aliphatic carboxylic acids is 1. The molecule has 2 rings (SSSR count). The molecule has 0 aliphatic carbocycles. The van der Waals surface area contributed by atoms with Crippen molar-refractivity contribution in [2.75, 3.05) is 11.4 Å². The number of urea groups is 1. The standard InChI is InChI=1S/C13H19N3O3.C7H9NO3S/c1-8(2)16(13(15)19)10-5-3-9(4-6-10)7-11(14)12(17)18;1-4(9)11-7(10)6-2-5(12)3-8-6/h3-6,8,11H,7,14H2,1-2H3,(H2,15,19)(H,17,18);6,8H,2-3H2,1H3/t11-;6-/m00/s1. The first-order chi connectivity index (χ1) is 14.4.